The molecular formula is C44H56N8+4. The molecule has 0 amide bonds. The lowest BCUT2D eigenvalue weighted by atomic mass is 9.83. The molecular weight excluding hydrogens is 641 g/mol. The molecule has 0 spiro atoms. The topological polar surface area (TPSA) is 63.6 Å². The van der Waals surface area contributed by atoms with Crippen molar-refractivity contribution in [2.45, 2.75) is 97.7 Å². The van der Waals surface area contributed by atoms with Crippen molar-refractivity contribution in [1.82, 2.24) is 21.3 Å². The molecule has 5 aliphatic rings. The van der Waals surface area contributed by atoms with Gasteiger partial charge in [0.2, 0.25) is 0 Å². The van der Waals surface area contributed by atoms with Crippen LogP contribution >= 0.6 is 0 Å². The van der Waals surface area contributed by atoms with Crippen molar-refractivity contribution in [3.8, 4) is 0 Å². The van der Waals surface area contributed by atoms with E-state index in [4.69, 9.17) is 0 Å². The number of aromatic nitrogens is 4. The molecule has 52 heavy (non-hydrogen) atoms. The van der Waals surface area contributed by atoms with Crippen molar-refractivity contribution in [2.24, 2.45) is 28.2 Å². The first-order valence-electron chi connectivity index (χ1n) is 19.6. The molecule has 0 aliphatic carbocycles. The number of pyridine rings is 4. The number of hydrogen-bond acceptors (Lipinski definition) is 4. The number of nitrogens with one attached hydrogen (secondary N) is 4. The predicted octanol–water partition coefficient (Wildman–Crippen LogP) is 2.47. The molecule has 3 fully saturated rings. The van der Waals surface area contributed by atoms with Crippen LogP contribution in [0.3, 0.4) is 0 Å². The van der Waals surface area contributed by atoms with Crippen LogP contribution in [-0.4, -0.2) is 48.3 Å². The summed E-state index contributed by atoms with van der Waals surface area (Å²) in [6, 6.07) is 21.2. The van der Waals surface area contributed by atoms with E-state index in [0.717, 1.165) is 25.7 Å². The zero-order valence-corrected chi connectivity index (χ0v) is 31.1. The van der Waals surface area contributed by atoms with Crippen LogP contribution in [0.5, 0.6) is 0 Å². The van der Waals surface area contributed by atoms with Gasteiger partial charge in [0.05, 0.1) is 0 Å². The van der Waals surface area contributed by atoms with Crippen LogP contribution in [-0.2, 0) is 28.2 Å². The quantitative estimate of drug-likeness (QED) is 0.196. The van der Waals surface area contributed by atoms with Crippen molar-refractivity contribution in [1.29, 1.82) is 0 Å². The third kappa shape index (κ3) is 6.44. The Morgan fingerprint density at radius 2 is 0.558 bits per heavy atom. The first-order chi connectivity index (χ1) is 25.4. The third-order valence-corrected chi connectivity index (χ3v) is 13.1. The summed E-state index contributed by atoms with van der Waals surface area (Å²) in [7, 11) is 8.46. The molecule has 12 atom stereocenters. The summed E-state index contributed by atoms with van der Waals surface area (Å²) in [4.78, 5) is 0. The van der Waals surface area contributed by atoms with E-state index in [2.05, 4.69) is 190 Å². The van der Waals surface area contributed by atoms with E-state index >= 15 is 0 Å². The summed E-state index contributed by atoms with van der Waals surface area (Å²) in [6.45, 7) is 0. The predicted molar refractivity (Wildman–Crippen MR) is 201 cm³/mol. The summed E-state index contributed by atoms with van der Waals surface area (Å²) in [6.07, 6.45) is 32.4. The lowest BCUT2D eigenvalue weighted by Gasteiger charge is -2.37. The number of hydrogen-bond donors (Lipinski definition) is 4. The van der Waals surface area contributed by atoms with Gasteiger partial charge >= 0.3 is 0 Å². The van der Waals surface area contributed by atoms with Crippen LogP contribution in [0.1, 0.15) is 71.6 Å². The molecule has 12 unspecified atom stereocenters. The molecule has 4 aromatic heterocycles. The van der Waals surface area contributed by atoms with Gasteiger partial charge in [-0.15, -0.1) is 0 Å². The molecule has 4 aromatic rings. The monoisotopic (exact) mass is 696 g/mol. The van der Waals surface area contributed by atoms with Crippen molar-refractivity contribution < 1.29 is 18.3 Å². The Bertz CT molecular complexity index is 1630. The van der Waals surface area contributed by atoms with Crippen LogP contribution < -0.4 is 39.5 Å². The molecule has 0 radical (unpaired) electrons. The maximum absolute atomic E-state index is 4.31. The number of nitrogens with zero attached hydrogens (tertiary/aromatic N) is 4. The Morgan fingerprint density at radius 3 is 0.769 bits per heavy atom. The lowest BCUT2D eigenvalue weighted by Crippen LogP contribution is -2.52. The van der Waals surface area contributed by atoms with E-state index in [-0.39, 0.29) is 24.2 Å². The largest absolute Gasteiger partial charge is 0.310 e. The molecule has 5 aliphatic heterocycles. The van der Waals surface area contributed by atoms with E-state index in [1.165, 1.54) is 22.3 Å². The van der Waals surface area contributed by atoms with Gasteiger partial charge in [-0.3, -0.25) is 0 Å². The standard InChI is InChI=1S/C44H56N8/c1-49-21-13-29(14-22-49)41-33-5-7-35(45-33)42(30-15-23-50(2)24-16-30)37-9-11-39(47-37)44(32-19-27-52(4)28-20-32)40-12-10-38(48-40)43(36-8-6-34(41)46-36)31-17-25-51(3)26-18-31/h5,7,10,12-28,33-48H,6,8-9,11H2,1-4H3/q+4. The van der Waals surface area contributed by atoms with Crippen molar-refractivity contribution >= 4 is 0 Å². The molecule has 4 N–H and O–H groups in total. The van der Waals surface area contributed by atoms with Crippen molar-refractivity contribution in [3.05, 3.63) is 145 Å². The van der Waals surface area contributed by atoms with Gasteiger partial charge in [0, 0.05) is 121 Å². The molecule has 3 saturated heterocycles. The third-order valence-electron chi connectivity index (χ3n) is 13.1. The highest BCUT2D eigenvalue weighted by Gasteiger charge is 2.47. The van der Waals surface area contributed by atoms with Crippen LogP contribution in [0, 0.1) is 0 Å². The molecule has 9 rings (SSSR count). The second-order valence-corrected chi connectivity index (χ2v) is 16.4. The lowest BCUT2D eigenvalue weighted by molar-refractivity contribution is -0.671. The van der Waals surface area contributed by atoms with Crippen molar-refractivity contribution in [3.63, 3.8) is 0 Å². The van der Waals surface area contributed by atoms with Crippen molar-refractivity contribution in [2.75, 3.05) is 0 Å². The van der Waals surface area contributed by atoms with E-state index in [1.54, 1.807) is 0 Å². The van der Waals surface area contributed by atoms with Gasteiger partial charge in [-0.1, -0.05) is 24.3 Å². The van der Waals surface area contributed by atoms with Crippen LogP contribution in [0.25, 0.3) is 0 Å². The molecule has 0 aromatic carbocycles. The van der Waals surface area contributed by atoms with E-state index in [0.29, 0.717) is 47.8 Å². The minimum absolute atomic E-state index is 0.238. The van der Waals surface area contributed by atoms with E-state index in [1.807, 2.05) is 0 Å². The second-order valence-electron chi connectivity index (χ2n) is 16.4. The fourth-order valence-electron chi connectivity index (χ4n) is 10.5. The normalized spacial score (nSPS) is 35.3. The summed E-state index contributed by atoms with van der Waals surface area (Å²) in [5.74, 6) is 1.27. The van der Waals surface area contributed by atoms with Crippen LogP contribution in [0.15, 0.2) is 122 Å². The Morgan fingerprint density at radius 1 is 0.346 bits per heavy atom. The first-order valence-corrected chi connectivity index (χ1v) is 19.6. The van der Waals surface area contributed by atoms with Gasteiger partial charge in [-0.2, -0.15) is 0 Å². The second kappa shape index (κ2) is 14.0. The summed E-state index contributed by atoms with van der Waals surface area (Å²) in [5.41, 5.74) is 5.63. The zero-order valence-electron chi connectivity index (χ0n) is 31.1. The van der Waals surface area contributed by atoms with E-state index < -0.39 is 0 Å². The summed E-state index contributed by atoms with van der Waals surface area (Å²) < 4.78 is 8.61. The molecule has 9 heterocycles. The maximum Gasteiger partial charge on any atom is 0.168 e. The highest BCUT2D eigenvalue weighted by molar-refractivity contribution is 5.35. The minimum atomic E-state index is 0.238. The van der Waals surface area contributed by atoms with E-state index in [9.17, 15) is 0 Å². The van der Waals surface area contributed by atoms with Gasteiger partial charge in [0.1, 0.15) is 28.2 Å². The average Bonchev–Trinajstić information content (AvgIpc) is 3.99. The van der Waals surface area contributed by atoms with Gasteiger partial charge in [-0.05, 0) is 47.9 Å². The first kappa shape index (κ1) is 33.7. The van der Waals surface area contributed by atoms with Gasteiger partial charge in [-0.25, -0.2) is 18.3 Å². The Kier molecular flexibility index (Phi) is 9.11. The molecule has 268 valence electrons. The molecule has 8 heteroatoms. The molecule has 0 saturated carbocycles. The van der Waals surface area contributed by atoms with Crippen LogP contribution in [0.4, 0.5) is 0 Å². The zero-order chi connectivity index (χ0) is 35.3. The van der Waals surface area contributed by atoms with Gasteiger partial charge in [0.15, 0.2) is 49.6 Å². The maximum atomic E-state index is 4.31. The minimum Gasteiger partial charge on any atom is -0.310 e. The fourth-order valence-corrected chi connectivity index (χ4v) is 10.5. The van der Waals surface area contributed by atoms with Gasteiger partial charge in [0.25, 0.3) is 0 Å². The Labute approximate surface area is 309 Å². The number of fused-ring (bicyclic) bond motifs is 8. The number of rotatable bonds is 4. The molecule has 8 nitrogen and oxygen atoms in total. The number of aryl methyl sites for hydroxylation is 4. The van der Waals surface area contributed by atoms with Gasteiger partial charge < -0.3 is 21.3 Å². The highest BCUT2D eigenvalue weighted by Crippen LogP contribution is 2.43. The Hall–Kier alpha value is -4.08. The summed E-state index contributed by atoms with van der Waals surface area (Å²) in [5, 5.41) is 17.1. The average molecular weight is 697 g/mol. The molecule has 8 bridgehead atoms. The Balaban J connectivity index is 1.14. The van der Waals surface area contributed by atoms with Crippen LogP contribution in [0.2, 0.25) is 0 Å². The fraction of sp³-hybridized carbons (Fsp3) is 0.455. The SMILES string of the molecule is C[n+]1ccc(C2C3C=CC(N3)C(c3cc[n+](C)cc3)C3CCC(N3)C(c3cc[n+](C)cc3)C3C=CC(N3)C(c3cc[n+](C)cc3)C3CCC2N3)cc1. The summed E-state index contributed by atoms with van der Waals surface area (Å²) >= 11 is 0. The highest BCUT2D eigenvalue weighted by atomic mass is 15.1. The smallest absolute Gasteiger partial charge is 0.168 e.